The molecule has 0 fully saturated rings. The second-order valence-electron chi connectivity index (χ2n) is 4.21. The molecule has 1 N–H and O–H groups in total. The van der Waals surface area contributed by atoms with E-state index in [1.165, 1.54) is 6.21 Å². The number of nitrogens with zero attached hydrogens (tertiary/aromatic N) is 2. The number of aliphatic imine (C=N–C) groups is 1. The van der Waals surface area contributed by atoms with Gasteiger partial charge in [0.25, 0.3) is 0 Å². The topological polar surface area (TPSA) is 71.8 Å². The van der Waals surface area contributed by atoms with Gasteiger partial charge in [-0.25, -0.2) is 4.98 Å². The fourth-order valence-corrected chi connectivity index (χ4v) is 1.70. The monoisotopic (exact) mass is 234 g/mol. The number of carboxylic acids is 1. The number of hydrogen-bond acceptors (Lipinski definition) is 4. The van der Waals surface area contributed by atoms with Gasteiger partial charge >= 0.3 is 5.97 Å². The first-order chi connectivity index (χ1) is 8.08. The fraction of sp³-hybridized carbons (Fsp3) is 0.417. The highest BCUT2D eigenvalue weighted by Gasteiger charge is 2.24. The molecule has 1 atom stereocenters. The third kappa shape index (κ3) is 2.43. The highest BCUT2D eigenvalue weighted by Crippen LogP contribution is 2.32. The molecule has 0 bridgehead atoms. The zero-order chi connectivity index (χ0) is 12.4. The summed E-state index contributed by atoms with van der Waals surface area (Å²) in [6.45, 7) is 3.81. The van der Waals surface area contributed by atoms with Gasteiger partial charge in [0, 0.05) is 18.0 Å². The molecule has 0 aliphatic carbocycles. The Morgan fingerprint density at radius 2 is 2.35 bits per heavy atom. The summed E-state index contributed by atoms with van der Waals surface area (Å²) in [5.41, 5.74) is 1.52. The molecular weight excluding hydrogens is 220 g/mol. The lowest BCUT2D eigenvalue weighted by Crippen LogP contribution is -2.21. The van der Waals surface area contributed by atoms with E-state index >= 15 is 0 Å². The lowest BCUT2D eigenvalue weighted by molar-refractivity contribution is -0.139. The number of fused-ring (bicyclic) bond motifs is 1. The first-order valence-corrected chi connectivity index (χ1v) is 5.49. The molecule has 0 spiro atoms. The van der Waals surface area contributed by atoms with Crippen LogP contribution in [0.15, 0.2) is 17.3 Å². The van der Waals surface area contributed by atoms with Crippen LogP contribution in [-0.2, 0) is 11.2 Å². The summed E-state index contributed by atoms with van der Waals surface area (Å²) in [6, 6.07) is 1.76. The second-order valence-corrected chi connectivity index (χ2v) is 4.21. The molecule has 5 heteroatoms. The van der Waals surface area contributed by atoms with Crippen LogP contribution in [0.25, 0.3) is 0 Å². The van der Waals surface area contributed by atoms with Crippen LogP contribution in [0.4, 0.5) is 5.69 Å². The Bertz CT molecular complexity index is 469. The Morgan fingerprint density at radius 1 is 1.59 bits per heavy atom. The summed E-state index contributed by atoms with van der Waals surface area (Å²) in [7, 11) is 0. The summed E-state index contributed by atoms with van der Waals surface area (Å²) in [5, 5.41) is 8.98. The third-order valence-electron chi connectivity index (χ3n) is 2.47. The lowest BCUT2D eigenvalue weighted by Gasteiger charge is -2.19. The van der Waals surface area contributed by atoms with Crippen LogP contribution >= 0.6 is 0 Å². The molecule has 2 rings (SSSR count). The molecule has 0 saturated carbocycles. The molecule has 1 aromatic rings. The number of aliphatic carboxylic acids is 1. The van der Waals surface area contributed by atoms with Gasteiger partial charge in [-0.2, -0.15) is 0 Å². The number of rotatable bonds is 3. The standard InChI is InChI=1S/C12H14N2O3/c1-7(2)17-11-9-5-8(12(15)16)6-14-10(9)3-4-13-11/h3-4,6-8H,5H2,1-2H3,(H,15,16). The van der Waals surface area contributed by atoms with Crippen molar-refractivity contribution in [1.82, 2.24) is 4.98 Å². The van der Waals surface area contributed by atoms with Crippen LogP contribution in [-0.4, -0.2) is 28.4 Å². The van der Waals surface area contributed by atoms with E-state index in [0.29, 0.717) is 12.3 Å². The Labute approximate surface area is 99.2 Å². The maximum Gasteiger partial charge on any atom is 0.312 e. The molecule has 90 valence electrons. The zero-order valence-corrected chi connectivity index (χ0v) is 9.75. The Balaban J connectivity index is 2.35. The minimum absolute atomic E-state index is 0.00295. The lowest BCUT2D eigenvalue weighted by atomic mass is 9.97. The average Bonchev–Trinajstić information content (AvgIpc) is 2.28. The highest BCUT2D eigenvalue weighted by molar-refractivity contribution is 5.91. The van der Waals surface area contributed by atoms with E-state index in [9.17, 15) is 4.79 Å². The normalized spacial score (nSPS) is 17.9. The highest BCUT2D eigenvalue weighted by atomic mass is 16.5. The maximum absolute atomic E-state index is 10.9. The van der Waals surface area contributed by atoms with Gasteiger partial charge in [0.15, 0.2) is 0 Å². The van der Waals surface area contributed by atoms with E-state index in [-0.39, 0.29) is 6.10 Å². The maximum atomic E-state index is 10.9. The van der Waals surface area contributed by atoms with Crippen molar-refractivity contribution in [3.63, 3.8) is 0 Å². The largest absolute Gasteiger partial charge is 0.481 e. The molecule has 0 amide bonds. The Kier molecular flexibility index (Phi) is 3.08. The summed E-state index contributed by atoms with van der Waals surface area (Å²) < 4.78 is 5.56. The first-order valence-electron chi connectivity index (χ1n) is 5.49. The number of carboxylic acid groups (broad SMARTS) is 1. The minimum atomic E-state index is -0.876. The number of ether oxygens (including phenoxy) is 1. The molecule has 0 radical (unpaired) electrons. The minimum Gasteiger partial charge on any atom is -0.481 e. The van der Waals surface area contributed by atoms with Crippen LogP contribution in [0.2, 0.25) is 0 Å². The molecule has 17 heavy (non-hydrogen) atoms. The van der Waals surface area contributed by atoms with Crippen molar-refractivity contribution in [3.05, 3.63) is 17.8 Å². The van der Waals surface area contributed by atoms with E-state index < -0.39 is 11.9 Å². The third-order valence-corrected chi connectivity index (χ3v) is 2.47. The predicted octanol–water partition coefficient (Wildman–Crippen LogP) is 1.83. The fourth-order valence-electron chi connectivity index (χ4n) is 1.70. The summed E-state index contributed by atoms with van der Waals surface area (Å²) >= 11 is 0. The molecular formula is C12H14N2O3. The molecule has 5 nitrogen and oxygen atoms in total. The van der Waals surface area contributed by atoms with Gasteiger partial charge in [0.2, 0.25) is 5.88 Å². The quantitative estimate of drug-likeness (QED) is 0.866. The number of pyridine rings is 1. The summed E-state index contributed by atoms with van der Waals surface area (Å²) in [6.07, 6.45) is 3.46. The van der Waals surface area contributed by atoms with Crippen molar-refractivity contribution >= 4 is 17.9 Å². The van der Waals surface area contributed by atoms with Crippen LogP contribution in [0.3, 0.4) is 0 Å². The van der Waals surface area contributed by atoms with Gasteiger partial charge in [-0.05, 0) is 26.3 Å². The zero-order valence-electron chi connectivity index (χ0n) is 9.75. The van der Waals surface area contributed by atoms with Gasteiger partial charge in [-0.3, -0.25) is 9.79 Å². The summed E-state index contributed by atoms with van der Waals surface area (Å²) in [4.78, 5) is 19.2. The van der Waals surface area contributed by atoms with E-state index in [1.54, 1.807) is 12.3 Å². The van der Waals surface area contributed by atoms with Crippen molar-refractivity contribution in [3.8, 4) is 5.88 Å². The predicted molar refractivity (Wildman–Crippen MR) is 63.0 cm³/mol. The molecule has 0 saturated heterocycles. The van der Waals surface area contributed by atoms with Gasteiger partial charge in [-0.1, -0.05) is 0 Å². The van der Waals surface area contributed by atoms with Crippen LogP contribution in [0.1, 0.15) is 19.4 Å². The van der Waals surface area contributed by atoms with Crippen LogP contribution in [0.5, 0.6) is 5.88 Å². The van der Waals surface area contributed by atoms with Gasteiger partial charge < -0.3 is 9.84 Å². The van der Waals surface area contributed by atoms with Gasteiger partial charge in [-0.15, -0.1) is 0 Å². The SMILES string of the molecule is CC(C)Oc1nccc2c1CC(C(=O)O)C=N2. The average molecular weight is 234 g/mol. The van der Waals surface area contributed by atoms with E-state index in [0.717, 1.165) is 11.3 Å². The molecule has 1 aromatic heterocycles. The molecule has 1 aliphatic rings. The number of carbonyl (C=O) groups is 1. The van der Waals surface area contributed by atoms with E-state index in [2.05, 4.69) is 9.98 Å². The molecule has 0 aromatic carbocycles. The Hall–Kier alpha value is -1.91. The summed E-state index contributed by atoms with van der Waals surface area (Å²) in [5.74, 6) is -0.986. The smallest absolute Gasteiger partial charge is 0.312 e. The van der Waals surface area contributed by atoms with Crippen LogP contribution < -0.4 is 4.74 Å². The van der Waals surface area contributed by atoms with Gasteiger partial charge in [0.05, 0.1) is 17.7 Å². The van der Waals surface area contributed by atoms with Crippen molar-refractivity contribution < 1.29 is 14.6 Å². The van der Waals surface area contributed by atoms with E-state index in [4.69, 9.17) is 9.84 Å². The van der Waals surface area contributed by atoms with Crippen molar-refractivity contribution in [2.24, 2.45) is 10.9 Å². The van der Waals surface area contributed by atoms with Crippen LogP contribution in [0, 0.1) is 5.92 Å². The first kappa shape index (κ1) is 11.6. The van der Waals surface area contributed by atoms with Crippen molar-refractivity contribution in [1.29, 1.82) is 0 Å². The number of aromatic nitrogens is 1. The molecule has 1 unspecified atom stereocenters. The van der Waals surface area contributed by atoms with Crippen molar-refractivity contribution in [2.75, 3.05) is 0 Å². The second kappa shape index (κ2) is 4.53. The van der Waals surface area contributed by atoms with E-state index in [1.807, 2.05) is 13.8 Å². The molecule has 2 heterocycles. The number of hydrogen-bond donors (Lipinski definition) is 1. The van der Waals surface area contributed by atoms with Gasteiger partial charge in [0.1, 0.15) is 0 Å². The Morgan fingerprint density at radius 3 is 3.00 bits per heavy atom. The molecule has 1 aliphatic heterocycles. The van der Waals surface area contributed by atoms with Crippen molar-refractivity contribution in [2.45, 2.75) is 26.4 Å².